The van der Waals surface area contributed by atoms with Crippen LogP contribution in [0.5, 0.6) is 0 Å². The summed E-state index contributed by atoms with van der Waals surface area (Å²) in [6.45, 7) is 9.44. The molecule has 0 aromatic carbocycles. The van der Waals surface area contributed by atoms with E-state index in [9.17, 15) is 0 Å². The van der Waals surface area contributed by atoms with Crippen molar-refractivity contribution >= 4 is 11.3 Å². The Labute approximate surface area is 108 Å². The molecule has 1 aromatic rings. The van der Waals surface area contributed by atoms with E-state index in [1.54, 1.807) is 11.3 Å². The number of hydrogen-bond donors (Lipinski definition) is 1. The Balaban J connectivity index is 1.66. The number of nitrogens with zero attached hydrogens (tertiary/aromatic N) is 2. The molecule has 1 aromatic heterocycles. The van der Waals surface area contributed by atoms with Gasteiger partial charge in [0.1, 0.15) is 5.01 Å². The van der Waals surface area contributed by atoms with Crippen LogP contribution in [-0.2, 0) is 0 Å². The van der Waals surface area contributed by atoms with Crippen molar-refractivity contribution in [3.63, 3.8) is 0 Å². The third kappa shape index (κ3) is 4.05. The third-order valence-electron chi connectivity index (χ3n) is 3.36. The number of nitrogens with one attached hydrogen (secondary N) is 1. The highest BCUT2D eigenvalue weighted by Gasteiger charge is 2.15. The summed E-state index contributed by atoms with van der Waals surface area (Å²) in [7, 11) is 0. The molecule has 0 saturated carbocycles. The number of likely N-dealkylation sites (tertiary alicyclic amines) is 1. The molecule has 96 valence electrons. The van der Waals surface area contributed by atoms with Gasteiger partial charge in [0.25, 0.3) is 0 Å². The van der Waals surface area contributed by atoms with Crippen LogP contribution in [0.2, 0.25) is 0 Å². The molecular weight excluding hydrogens is 230 g/mol. The smallest absolute Gasteiger partial charge is 0.109 e. The van der Waals surface area contributed by atoms with Crippen LogP contribution in [0.25, 0.3) is 0 Å². The van der Waals surface area contributed by atoms with Gasteiger partial charge in [0.05, 0.1) is 6.04 Å². The molecule has 1 aliphatic heterocycles. The van der Waals surface area contributed by atoms with Crippen molar-refractivity contribution in [1.29, 1.82) is 0 Å². The van der Waals surface area contributed by atoms with Crippen LogP contribution in [0.1, 0.15) is 37.7 Å². The quantitative estimate of drug-likeness (QED) is 0.844. The second-order valence-corrected chi connectivity index (χ2v) is 6.04. The molecule has 0 aliphatic carbocycles. The molecular formula is C13H23N3S. The standard InChI is InChI=1S/C13H23N3S/c1-11(10-16-6-3-4-7-16)9-15-12(2)13-14-5-8-17-13/h5,8,11-12,15H,3-4,6-7,9-10H2,1-2H3. The van der Waals surface area contributed by atoms with Gasteiger partial charge < -0.3 is 10.2 Å². The Morgan fingerprint density at radius 1 is 1.41 bits per heavy atom. The highest BCUT2D eigenvalue weighted by atomic mass is 32.1. The van der Waals surface area contributed by atoms with Gasteiger partial charge in [-0.15, -0.1) is 11.3 Å². The van der Waals surface area contributed by atoms with Gasteiger partial charge in [-0.3, -0.25) is 0 Å². The molecule has 0 bridgehead atoms. The Morgan fingerprint density at radius 2 is 2.18 bits per heavy atom. The highest BCUT2D eigenvalue weighted by Crippen LogP contribution is 2.15. The zero-order chi connectivity index (χ0) is 12.1. The van der Waals surface area contributed by atoms with Crippen molar-refractivity contribution in [3.8, 4) is 0 Å². The minimum absolute atomic E-state index is 0.385. The molecule has 2 unspecified atom stereocenters. The maximum atomic E-state index is 4.34. The van der Waals surface area contributed by atoms with E-state index in [0.29, 0.717) is 6.04 Å². The zero-order valence-corrected chi connectivity index (χ0v) is 11.7. The second-order valence-electron chi connectivity index (χ2n) is 5.11. The van der Waals surface area contributed by atoms with Crippen LogP contribution in [0.15, 0.2) is 11.6 Å². The van der Waals surface area contributed by atoms with E-state index in [-0.39, 0.29) is 0 Å². The van der Waals surface area contributed by atoms with Crippen molar-refractivity contribution in [2.75, 3.05) is 26.2 Å². The first kappa shape index (κ1) is 13.0. The summed E-state index contributed by atoms with van der Waals surface area (Å²) >= 11 is 1.73. The summed E-state index contributed by atoms with van der Waals surface area (Å²) < 4.78 is 0. The normalized spacial score (nSPS) is 20.6. The number of hydrogen-bond acceptors (Lipinski definition) is 4. The Bertz CT molecular complexity index is 306. The topological polar surface area (TPSA) is 28.2 Å². The number of thiazole rings is 1. The molecule has 2 heterocycles. The minimum atomic E-state index is 0.385. The SMILES string of the molecule is CC(CNC(C)c1nccs1)CN1CCCC1. The fourth-order valence-electron chi connectivity index (χ4n) is 2.38. The predicted molar refractivity (Wildman–Crippen MR) is 73.4 cm³/mol. The van der Waals surface area contributed by atoms with Gasteiger partial charge in [0, 0.05) is 18.1 Å². The second kappa shape index (κ2) is 6.47. The lowest BCUT2D eigenvalue weighted by atomic mass is 10.1. The number of aromatic nitrogens is 1. The maximum Gasteiger partial charge on any atom is 0.109 e. The van der Waals surface area contributed by atoms with Gasteiger partial charge in [-0.1, -0.05) is 6.92 Å². The van der Waals surface area contributed by atoms with E-state index in [2.05, 4.69) is 29.0 Å². The van der Waals surface area contributed by atoms with Gasteiger partial charge in [-0.2, -0.15) is 0 Å². The molecule has 4 heteroatoms. The van der Waals surface area contributed by atoms with Crippen molar-refractivity contribution in [2.45, 2.75) is 32.7 Å². The lowest BCUT2D eigenvalue weighted by molar-refractivity contribution is 0.279. The van der Waals surface area contributed by atoms with Crippen LogP contribution in [-0.4, -0.2) is 36.1 Å². The third-order valence-corrected chi connectivity index (χ3v) is 4.32. The van der Waals surface area contributed by atoms with E-state index in [1.807, 2.05) is 11.6 Å². The van der Waals surface area contributed by atoms with E-state index in [0.717, 1.165) is 12.5 Å². The highest BCUT2D eigenvalue weighted by molar-refractivity contribution is 7.09. The summed E-state index contributed by atoms with van der Waals surface area (Å²) in [6, 6.07) is 0.385. The molecule has 17 heavy (non-hydrogen) atoms. The van der Waals surface area contributed by atoms with E-state index in [4.69, 9.17) is 0 Å². The molecule has 0 radical (unpaired) electrons. The van der Waals surface area contributed by atoms with E-state index >= 15 is 0 Å². The zero-order valence-electron chi connectivity index (χ0n) is 10.9. The first-order chi connectivity index (χ1) is 8.25. The van der Waals surface area contributed by atoms with E-state index < -0.39 is 0 Å². The Hall–Kier alpha value is -0.450. The van der Waals surface area contributed by atoms with Gasteiger partial charge in [0.2, 0.25) is 0 Å². The van der Waals surface area contributed by atoms with Crippen molar-refractivity contribution in [2.24, 2.45) is 5.92 Å². The predicted octanol–water partition coefficient (Wildman–Crippen LogP) is 2.53. The lowest BCUT2D eigenvalue weighted by Crippen LogP contribution is -2.32. The largest absolute Gasteiger partial charge is 0.308 e. The summed E-state index contributed by atoms with van der Waals surface area (Å²) in [6.07, 6.45) is 4.65. The van der Waals surface area contributed by atoms with Crippen LogP contribution < -0.4 is 5.32 Å². The molecule has 1 aliphatic rings. The van der Waals surface area contributed by atoms with Crippen LogP contribution in [0, 0.1) is 5.92 Å². The van der Waals surface area contributed by atoms with Gasteiger partial charge in [-0.05, 0) is 45.3 Å². The molecule has 1 saturated heterocycles. The average Bonchev–Trinajstić information content (AvgIpc) is 2.97. The van der Waals surface area contributed by atoms with Gasteiger partial charge in [-0.25, -0.2) is 4.98 Å². The molecule has 0 spiro atoms. The van der Waals surface area contributed by atoms with Gasteiger partial charge in [0.15, 0.2) is 0 Å². The number of rotatable bonds is 6. The van der Waals surface area contributed by atoms with Crippen molar-refractivity contribution in [1.82, 2.24) is 15.2 Å². The van der Waals surface area contributed by atoms with Crippen molar-refractivity contribution in [3.05, 3.63) is 16.6 Å². The molecule has 2 atom stereocenters. The molecule has 0 amide bonds. The summed E-state index contributed by atoms with van der Waals surface area (Å²) in [5, 5.41) is 6.82. The van der Waals surface area contributed by atoms with Crippen LogP contribution in [0.3, 0.4) is 0 Å². The molecule has 2 rings (SSSR count). The summed E-state index contributed by atoms with van der Waals surface area (Å²) in [4.78, 5) is 6.93. The van der Waals surface area contributed by atoms with Gasteiger partial charge >= 0.3 is 0 Å². The minimum Gasteiger partial charge on any atom is -0.308 e. The molecule has 3 nitrogen and oxygen atoms in total. The molecule has 1 fully saturated rings. The Kier molecular flexibility index (Phi) is 4.95. The summed E-state index contributed by atoms with van der Waals surface area (Å²) in [5.74, 6) is 0.718. The molecule has 1 N–H and O–H groups in total. The fourth-order valence-corrected chi connectivity index (χ4v) is 3.05. The first-order valence-electron chi connectivity index (χ1n) is 6.61. The van der Waals surface area contributed by atoms with Crippen LogP contribution >= 0.6 is 11.3 Å². The average molecular weight is 253 g/mol. The summed E-state index contributed by atoms with van der Waals surface area (Å²) in [5.41, 5.74) is 0. The monoisotopic (exact) mass is 253 g/mol. The van der Waals surface area contributed by atoms with Crippen molar-refractivity contribution < 1.29 is 0 Å². The first-order valence-corrected chi connectivity index (χ1v) is 7.49. The Morgan fingerprint density at radius 3 is 2.82 bits per heavy atom. The van der Waals surface area contributed by atoms with E-state index in [1.165, 1.54) is 37.5 Å². The maximum absolute atomic E-state index is 4.34. The fraction of sp³-hybridized carbons (Fsp3) is 0.769. The lowest BCUT2D eigenvalue weighted by Gasteiger charge is -2.21. The van der Waals surface area contributed by atoms with Crippen LogP contribution in [0.4, 0.5) is 0 Å².